The Morgan fingerprint density at radius 1 is 1.10 bits per heavy atom. The molecule has 3 atom stereocenters. The third-order valence-corrected chi connectivity index (χ3v) is 7.85. The maximum absolute atomic E-state index is 13.0. The van der Waals surface area contributed by atoms with Crippen LogP contribution >= 0.6 is 0 Å². The first kappa shape index (κ1) is 30.6. The monoisotopic (exact) mass is 551 g/mol. The SMILES string of the molecule is NC(N)=NCC1CCc2cc(C(=O)NCC[C@@H]3C[C@@H](CC(=O)O)C(=O)N3CCCc3ccccc3)ccc2C1.O. The normalized spacial score (nSPS) is 19.9. The molecule has 1 saturated heterocycles. The second-order valence-electron chi connectivity index (χ2n) is 10.7. The van der Waals surface area contributed by atoms with Gasteiger partial charge < -0.3 is 32.3 Å². The van der Waals surface area contributed by atoms with E-state index in [-0.39, 0.29) is 35.7 Å². The van der Waals surface area contributed by atoms with Crippen molar-refractivity contribution in [3.8, 4) is 0 Å². The number of carbonyl (C=O) groups is 3. The van der Waals surface area contributed by atoms with Gasteiger partial charge in [0.15, 0.2) is 5.96 Å². The molecule has 8 N–H and O–H groups in total. The lowest BCUT2D eigenvalue weighted by molar-refractivity contribution is -0.142. The van der Waals surface area contributed by atoms with Crippen LogP contribution in [-0.2, 0) is 28.9 Å². The Bertz CT molecular complexity index is 1200. The molecule has 40 heavy (non-hydrogen) atoms. The standard InChI is InChI=1S/C30H39N5O4.H2O/c31-30(32)34-19-21-8-9-23-16-24(11-10-22(23)15-21)28(38)33-13-12-26-17-25(18-27(36)37)29(39)35(26)14-4-7-20-5-2-1-3-6-20;/h1-3,5-6,10-11,16,21,25-26H,4,7-9,12-15,17-19H2,(H,33,38)(H,36,37)(H4,31,32,34);1H2/t21?,25-,26+;/m0./s1. The average molecular weight is 552 g/mol. The van der Waals surface area contributed by atoms with E-state index in [2.05, 4.69) is 22.4 Å². The maximum atomic E-state index is 13.0. The Kier molecular flexibility index (Phi) is 11.1. The summed E-state index contributed by atoms with van der Waals surface area (Å²) in [4.78, 5) is 43.2. The number of carboxylic acids is 1. The highest BCUT2D eigenvalue weighted by atomic mass is 16.4. The number of benzene rings is 2. The van der Waals surface area contributed by atoms with Crippen molar-refractivity contribution in [2.24, 2.45) is 28.3 Å². The highest BCUT2D eigenvalue weighted by Gasteiger charge is 2.39. The number of aryl methyl sites for hydroxylation is 2. The number of nitrogens with one attached hydrogen (secondary N) is 1. The van der Waals surface area contributed by atoms with E-state index >= 15 is 0 Å². The second kappa shape index (κ2) is 14.5. The fourth-order valence-electron chi connectivity index (χ4n) is 5.83. The van der Waals surface area contributed by atoms with Gasteiger partial charge in [0.25, 0.3) is 5.91 Å². The van der Waals surface area contributed by atoms with Crippen LogP contribution in [0.2, 0.25) is 0 Å². The zero-order valence-corrected chi connectivity index (χ0v) is 22.9. The van der Waals surface area contributed by atoms with E-state index in [0.29, 0.717) is 44.0 Å². The molecule has 1 heterocycles. The zero-order valence-electron chi connectivity index (χ0n) is 22.9. The smallest absolute Gasteiger partial charge is 0.304 e. The lowest BCUT2D eigenvalue weighted by Crippen LogP contribution is -2.37. The minimum Gasteiger partial charge on any atom is -0.481 e. The summed E-state index contributed by atoms with van der Waals surface area (Å²) in [6.07, 6.45) is 5.35. The molecule has 2 aromatic rings. The van der Waals surface area contributed by atoms with Gasteiger partial charge in [-0.1, -0.05) is 36.4 Å². The average Bonchev–Trinajstić information content (AvgIpc) is 3.20. The number of nitrogens with two attached hydrogens (primary N) is 2. The van der Waals surface area contributed by atoms with Crippen LogP contribution in [0, 0.1) is 11.8 Å². The van der Waals surface area contributed by atoms with E-state index in [1.54, 1.807) is 0 Å². The number of guanidine groups is 1. The van der Waals surface area contributed by atoms with Crippen LogP contribution in [-0.4, -0.2) is 64.9 Å². The van der Waals surface area contributed by atoms with E-state index in [4.69, 9.17) is 11.5 Å². The molecule has 2 amide bonds. The van der Waals surface area contributed by atoms with Crippen molar-refractivity contribution in [1.82, 2.24) is 10.2 Å². The van der Waals surface area contributed by atoms with Crippen LogP contribution < -0.4 is 16.8 Å². The van der Waals surface area contributed by atoms with Gasteiger partial charge in [-0.3, -0.25) is 19.4 Å². The molecule has 1 aliphatic heterocycles. The quantitative estimate of drug-likeness (QED) is 0.230. The van der Waals surface area contributed by atoms with Gasteiger partial charge >= 0.3 is 5.97 Å². The van der Waals surface area contributed by atoms with Gasteiger partial charge in [0, 0.05) is 31.2 Å². The zero-order chi connectivity index (χ0) is 27.8. The third kappa shape index (κ3) is 8.29. The van der Waals surface area contributed by atoms with Gasteiger partial charge in [-0.2, -0.15) is 0 Å². The van der Waals surface area contributed by atoms with Gasteiger partial charge in [0.1, 0.15) is 0 Å². The van der Waals surface area contributed by atoms with E-state index in [1.807, 2.05) is 41.3 Å². The molecule has 0 saturated carbocycles. The van der Waals surface area contributed by atoms with Crippen molar-refractivity contribution >= 4 is 23.7 Å². The summed E-state index contributed by atoms with van der Waals surface area (Å²) in [5.74, 6) is -1.17. The molecule has 2 aliphatic rings. The molecule has 10 nitrogen and oxygen atoms in total. The summed E-state index contributed by atoms with van der Waals surface area (Å²) >= 11 is 0. The lowest BCUT2D eigenvalue weighted by Gasteiger charge is -2.25. The molecule has 0 aromatic heterocycles. The number of hydrogen-bond donors (Lipinski definition) is 4. The van der Waals surface area contributed by atoms with E-state index in [0.717, 1.165) is 32.1 Å². The largest absolute Gasteiger partial charge is 0.481 e. The summed E-state index contributed by atoms with van der Waals surface area (Å²) in [6, 6.07) is 15.9. The molecular formula is C30H41N5O5. The topological polar surface area (TPSA) is 183 Å². The molecule has 0 radical (unpaired) electrons. The van der Waals surface area contributed by atoms with Crippen molar-refractivity contribution in [2.75, 3.05) is 19.6 Å². The van der Waals surface area contributed by atoms with Gasteiger partial charge in [0.2, 0.25) is 5.91 Å². The number of carboxylic acid groups (broad SMARTS) is 1. The first-order valence-electron chi connectivity index (χ1n) is 13.8. The van der Waals surface area contributed by atoms with Gasteiger partial charge in [-0.25, -0.2) is 0 Å². The fraction of sp³-hybridized carbons (Fsp3) is 0.467. The Hall–Kier alpha value is -3.92. The van der Waals surface area contributed by atoms with E-state index in [9.17, 15) is 19.5 Å². The van der Waals surface area contributed by atoms with Gasteiger partial charge in [-0.15, -0.1) is 0 Å². The van der Waals surface area contributed by atoms with Gasteiger partial charge in [-0.05, 0) is 79.7 Å². The van der Waals surface area contributed by atoms with E-state index in [1.165, 1.54) is 16.7 Å². The molecular weight excluding hydrogens is 510 g/mol. The predicted molar refractivity (Wildman–Crippen MR) is 154 cm³/mol. The van der Waals surface area contributed by atoms with E-state index < -0.39 is 11.9 Å². The molecule has 0 spiro atoms. The number of hydrogen-bond acceptors (Lipinski definition) is 4. The van der Waals surface area contributed by atoms with Crippen LogP contribution in [0.1, 0.15) is 59.2 Å². The summed E-state index contributed by atoms with van der Waals surface area (Å²) in [6.45, 7) is 1.62. The Morgan fingerprint density at radius 2 is 1.88 bits per heavy atom. The minimum absolute atomic E-state index is 0. The van der Waals surface area contributed by atoms with Crippen LogP contribution in [0.4, 0.5) is 0 Å². The third-order valence-electron chi connectivity index (χ3n) is 7.85. The second-order valence-corrected chi connectivity index (χ2v) is 10.7. The molecule has 216 valence electrons. The number of aliphatic imine (C=N–C) groups is 1. The van der Waals surface area contributed by atoms with Crippen molar-refractivity contribution in [3.05, 3.63) is 70.8 Å². The molecule has 10 heteroatoms. The summed E-state index contributed by atoms with van der Waals surface area (Å²) in [5.41, 5.74) is 15.2. The number of aliphatic carboxylic acids is 1. The molecule has 1 aliphatic carbocycles. The van der Waals surface area contributed by atoms with Crippen molar-refractivity contribution in [2.45, 2.75) is 57.4 Å². The molecule has 2 aromatic carbocycles. The van der Waals surface area contributed by atoms with Crippen LogP contribution in [0.25, 0.3) is 0 Å². The van der Waals surface area contributed by atoms with Crippen LogP contribution in [0.5, 0.6) is 0 Å². The lowest BCUT2D eigenvalue weighted by atomic mass is 9.83. The minimum atomic E-state index is -0.957. The summed E-state index contributed by atoms with van der Waals surface area (Å²) < 4.78 is 0. The van der Waals surface area contributed by atoms with Crippen molar-refractivity contribution in [3.63, 3.8) is 0 Å². The highest BCUT2D eigenvalue weighted by Crippen LogP contribution is 2.30. The number of rotatable bonds is 12. The number of carbonyl (C=O) groups excluding carboxylic acids is 2. The molecule has 1 fully saturated rings. The number of likely N-dealkylation sites (tertiary alicyclic amines) is 1. The van der Waals surface area contributed by atoms with Crippen molar-refractivity contribution < 1.29 is 25.0 Å². The predicted octanol–water partition coefficient (Wildman–Crippen LogP) is 1.68. The van der Waals surface area contributed by atoms with Crippen LogP contribution in [0.15, 0.2) is 53.5 Å². The Balaban J connectivity index is 0.00000441. The summed E-state index contributed by atoms with van der Waals surface area (Å²) in [7, 11) is 0. The van der Waals surface area contributed by atoms with Crippen molar-refractivity contribution in [1.29, 1.82) is 0 Å². The maximum Gasteiger partial charge on any atom is 0.304 e. The van der Waals surface area contributed by atoms with Gasteiger partial charge in [0.05, 0.1) is 12.3 Å². The Morgan fingerprint density at radius 3 is 2.60 bits per heavy atom. The Labute approximate surface area is 235 Å². The van der Waals surface area contributed by atoms with Crippen LogP contribution in [0.3, 0.4) is 0 Å². The number of amides is 2. The summed E-state index contributed by atoms with van der Waals surface area (Å²) in [5, 5.41) is 12.3. The first-order valence-corrected chi connectivity index (χ1v) is 13.8. The highest BCUT2D eigenvalue weighted by molar-refractivity contribution is 5.94. The number of nitrogens with zero attached hydrogens (tertiary/aromatic N) is 2. The molecule has 4 rings (SSSR count). The fourth-order valence-corrected chi connectivity index (χ4v) is 5.83. The number of fused-ring (bicyclic) bond motifs is 1. The molecule has 0 bridgehead atoms. The molecule has 1 unspecified atom stereocenters. The first-order chi connectivity index (χ1) is 18.8.